The molecule has 0 fully saturated rings. The molecule has 2 aromatic rings. The fraction of sp³-hybridized carbons (Fsp3) is 0.263. The quantitative estimate of drug-likeness (QED) is 0.514. The largest absolute Gasteiger partial charge is 0.508 e. The Hall–Kier alpha value is -2.60. The topological polar surface area (TPSA) is 70.6 Å². The molecule has 0 radical (unpaired) electrons. The number of thiocarbonyl (C=S) groups is 1. The van der Waals surface area contributed by atoms with Gasteiger partial charge >= 0.3 is 0 Å². The molecule has 1 amide bonds. The molecular formula is C19H22N2O3S. The molecule has 132 valence electrons. The van der Waals surface area contributed by atoms with Gasteiger partial charge in [-0.2, -0.15) is 0 Å². The summed E-state index contributed by atoms with van der Waals surface area (Å²) >= 11 is 5.11. The van der Waals surface area contributed by atoms with Crippen molar-refractivity contribution in [2.45, 2.75) is 26.2 Å². The van der Waals surface area contributed by atoms with Crippen molar-refractivity contribution in [3.63, 3.8) is 0 Å². The van der Waals surface area contributed by atoms with Gasteiger partial charge in [0, 0.05) is 17.3 Å². The second-order valence-corrected chi connectivity index (χ2v) is 5.95. The summed E-state index contributed by atoms with van der Waals surface area (Å²) in [6.07, 6.45) is 3.32. The maximum Gasteiger partial charge on any atom is 0.257 e. The van der Waals surface area contributed by atoms with Gasteiger partial charge in [0.2, 0.25) is 0 Å². The van der Waals surface area contributed by atoms with E-state index in [0.717, 1.165) is 25.0 Å². The molecule has 0 unspecified atom stereocenters. The monoisotopic (exact) mass is 358 g/mol. The van der Waals surface area contributed by atoms with E-state index in [1.807, 2.05) is 0 Å². The lowest BCUT2D eigenvalue weighted by molar-refractivity contribution is 0.0977. The second-order valence-electron chi connectivity index (χ2n) is 5.54. The Balaban J connectivity index is 1.84. The normalized spacial score (nSPS) is 10.1. The minimum atomic E-state index is -0.310. The Kier molecular flexibility index (Phi) is 7.22. The van der Waals surface area contributed by atoms with Crippen LogP contribution in [-0.4, -0.2) is 22.7 Å². The zero-order valence-electron chi connectivity index (χ0n) is 14.1. The highest BCUT2D eigenvalue weighted by Crippen LogP contribution is 2.15. The number of benzene rings is 2. The van der Waals surface area contributed by atoms with Crippen molar-refractivity contribution in [2.24, 2.45) is 0 Å². The van der Waals surface area contributed by atoms with E-state index in [1.165, 1.54) is 6.07 Å². The molecule has 25 heavy (non-hydrogen) atoms. The second kappa shape index (κ2) is 9.64. The average Bonchev–Trinajstić information content (AvgIpc) is 2.59. The molecule has 6 heteroatoms. The minimum absolute atomic E-state index is 0.119. The van der Waals surface area contributed by atoms with Crippen LogP contribution in [0.5, 0.6) is 11.5 Å². The molecule has 0 spiro atoms. The van der Waals surface area contributed by atoms with Gasteiger partial charge in [0.1, 0.15) is 11.5 Å². The molecular weight excluding hydrogens is 336 g/mol. The first-order valence-corrected chi connectivity index (χ1v) is 8.63. The van der Waals surface area contributed by atoms with Crippen LogP contribution in [0.3, 0.4) is 0 Å². The van der Waals surface area contributed by atoms with Gasteiger partial charge in [-0.3, -0.25) is 10.1 Å². The molecule has 0 saturated carbocycles. The molecule has 3 N–H and O–H groups in total. The minimum Gasteiger partial charge on any atom is -0.508 e. The average molecular weight is 358 g/mol. The number of phenols is 1. The SMILES string of the molecule is CCCCCOc1ccc(C(=O)NC(=S)Nc2cccc(O)c2)cc1. The molecule has 5 nitrogen and oxygen atoms in total. The Morgan fingerprint density at radius 1 is 1.16 bits per heavy atom. The number of phenolic OH excluding ortho intramolecular Hbond substituents is 1. The molecule has 0 atom stereocenters. The Labute approximate surface area is 153 Å². The van der Waals surface area contributed by atoms with Gasteiger partial charge in [0.05, 0.1) is 6.61 Å². The molecule has 0 aliphatic heterocycles. The summed E-state index contributed by atoms with van der Waals surface area (Å²) in [6.45, 7) is 2.82. The third kappa shape index (κ3) is 6.43. The number of aromatic hydroxyl groups is 1. The van der Waals surface area contributed by atoms with E-state index in [0.29, 0.717) is 17.9 Å². The van der Waals surface area contributed by atoms with Crippen LogP contribution >= 0.6 is 12.2 Å². The number of amides is 1. The number of anilines is 1. The van der Waals surface area contributed by atoms with Gasteiger partial charge in [0.25, 0.3) is 5.91 Å². The lowest BCUT2D eigenvalue weighted by Crippen LogP contribution is -2.34. The van der Waals surface area contributed by atoms with Gasteiger partial charge in [-0.1, -0.05) is 25.8 Å². The predicted molar refractivity (Wildman–Crippen MR) is 103 cm³/mol. The molecule has 2 aromatic carbocycles. The van der Waals surface area contributed by atoms with E-state index in [9.17, 15) is 9.90 Å². The highest BCUT2D eigenvalue weighted by molar-refractivity contribution is 7.80. The standard InChI is InChI=1S/C19H22N2O3S/c1-2-3-4-12-24-17-10-8-14(9-11-17)18(23)21-19(25)20-15-6-5-7-16(22)13-15/h5-11,13,22H,2-4,12H2,1H3,(H2,20,21,23,25). The Bertz CT molecular complexity index is 717. The number of unbranched alkanes of at least 4 members (excludes halogenated alkanes) is 2. The first-order chi connectivity index (χ1) is 12.1. The number of hydrogen-bond acceptors (Lipinski definition) is 4. The van der Waals surface area contributed by atoms with Crippen LogP contribution in [0.25, 0.3) is 0 Å². The summed E-state index contributed by atoms with van der Waals surface area (Å²) in [5, 5.41) is 15.0. The summed E-state index contributed by atoms with van der Waals surface area (Å²) in [5.41, 5.74) is 1.09. The number of carbonyl (C=O) groups is 1. The van der Waals surface area contributed by atoms with Crippen LogP contribution in [0.4, 0.5) is 5.69 Å². The van der Waals surface area contributed by atoms with Crippen molar-refractivity contribution in [3.8, 4) is 11.5 Å². The number of ether oxygens (including phenoxy) is 1. The molecule has 0 aromatic heterocycles. The summed E-state index contributed by atoms with van der Waals surface area (Å²) in [5.74, 6) is 0.553. The van der Waals surface area contributed by atoms with Crippen molar-refractivity contribution in [3.05, 3.63) is 54.1 Å². The van der Waals surface area contributed by atoms with E-state index in [-0.39, 0.29) is 16.8 Å². The van der Waals surface area contributed by atoms with Crippen LogP contribution in [0, 0.1) is 0 Å². The van der Waals surface area contributed by atoms with Gasteiger partial charge in [-0.15, -0.1) is 0 Å². The van der Waals surface area contributed by atoms with Crippen LogP contribution in [0.15, 0.2) is 48.5 Å². The molecule has 0 saturated heterocycles. The number of carbonyl (C=O) groups excluding carboxylic acids is 1. The van der Waals surface area contributed by atoms with Crippen molar-refractivity contribution in [1.82, 2.24) is 5.32 Å². The Morgan fingerprint density at radius 2 is 1.92 bits per heavy atom. The number of nitrogens with one attached hydrogen (secondary N) is 2. The third-order valence-electron chi connectivity index (χ3n) is 3.46. The summed E-state index contributed by atoms with van der Waals surface area (Å²) < 4.78 is 5.62. The highest BCUT2D eigenvalue weighted by atomic mass is 32.1. The smallest absolute Gasteiger partial charge is 0.257 e. The van der Waals surface area contributed by atoms with Crippen LogP contribution < -0.4 is 15.4 Å². The van der Waals surface area contributed by atoms with Crippen molar-refractivity contribution in [1.29, 1.82) is 0 Å². The number of hydrogen-bond donors (Lipinski definition) is 3. The van der Waals surface area contributed by atoms with Crippen molar-refractivity contribution < 1.29 is 14.6 Å². The van der Waals surface area contributed by atoms with Gasteiger partial charge in [0.15, 0.2) is 5.11 Å². The van der Waals surface area contributed by atoms with E-state index in [4.69, 9.17) is 17.0 Å². The highest BCUT2D eigenvalue weighted by Gasteiger charge is 2.08. The van der Waals surface area contributed by atoms with Crippen LogP contribution in [0.1, 0.15) is 36.5 Å². The zero-order valence-corrected chi connectivity index (χ0v) is 14.9. The van der Waals surface area contributed by atoms with Gasteiger partial charge < -0.3 is 15.2 Å². The first-order valence-electron chi connectivity index (χ1n) is 8.22. The van der Waals surface area contributed by atoms with Crippen LogP contribution in [0.2, 0.25) is 0 Å². The predicted octanol–water partition coefficient (Wildman–Crippen LogP) is 4.09. The third-order valence-corrected chi connectivity index (χ3v) is 3.67. The fourth-order valence-electron chi connectivity index (χ4n) is 2.17. The lowest BCUT2D eigenvalue weighted by atomic mass is 10.2. The number of rotatable bonds is 7. The van der Waals surface area contributed by atoms with E-state index in [1.54, 1.807) is 42.5 Å². The van der Waals surface area contributed by atoms with E-state index >= 15 is 0 Å². The maximum atomic E-state index is 12.2. The van der Waals surface area contributed by atoms with Crippen molar-refractivity contribution >= 4 is 28.9 Å². The molecule has 0 heterocycles. The first kappa shape index (κ1) is 18.7. The van der Waals surface area contributed by atoms with Gasteiger partial charge in [-0.25, -0.2) is 0 Å². The molecule has 0 aliphatic carbocycles. The summed E-state index contributed by atoms with van der Waals surface area (Å²) in [6, 6.07) is 13.4. The van der Waals surface area contributed by atoms with E-state index < -0.39 is 0 Å². The van der Waals surface area contributed by atoms with Crippen molar-refractivity contribution in [2.75, 3.05) is 11.9 Å². The summed E-state index contributed by atoms with van der Waals surface area (Å²) in [4.78, 5) is 12.2. The molecule has 2 rings (SSSR count). The van der Waals surface area contributed by atoms with E-state index in [2.05, 4.69) is 17.6 Å². The summed E-state index contributed by atoms with van der Waals surface area (Å²) in [7, 11) is 0. The Morgan fingerprint density at radius 3 is 2.60 bits per heavy atom. The zero-order chi connectivity index (χ0) is 18.1. The fourth-order valence-corrected chi connectivity index (χ4v) is 2.38. The maximum absolute atomic E-state index is 12.2. The molecule has 0 bridgehead atoms. The van der Waals surface area contributed by atoms with Crippen LogP contribution in [-0.2, 0) is 0 Å². The van der Waals surface area contributed by atoms with Gasteiger partial charge in [-0.05, 0) is 55.0 Å². The lowest BCUT2D eigenvalue weighted by Gasteiger charge is -2.10. The molecule has 0 aliphatic rings.